The maximum atomic E-state index is 13.0. The van der Waals surface area contributed by atoms with Crippen molar-refractivity contribution in [1.82, 2.24) is 10.3 Å². The second kappa shape index (κ2) is 8.69. The molecule has 1 amide bonds. The number of hydrogen-bond donors (Lipinski definition) is 2. The second-order valence-electron chi connectivity index (χ2n) is 7.57. The number of Topliss-reactive ketones (excluding diaryl/α,β-unsaturated/α-hetero) is 1. The van der Waals surface area contributed by atoms with Crippen LogP contribution >= 0.6 is 0 Å². The highest BCUT2D eigenvalue weighted by Gasteiger charge is 2.28. The van der Waals surface area contributed by atoms with Gasteiger partial charge in [-0.25, -0.2) is 0 Å². The molecule has 0 aliphatic heterocycles. The van der Waals surface area contributed by atoms with E-state index in [2.05, 4.69) is 10.3 Å². The first-order valence-corrected chi connectivity index (χ1v) is 9.98. The molecular weight excluding hydrogens is 356 g/mol. The Bertz CT molecular complexity index is 850. The first-order valence-electron chi connectivity index (χ1n) is 9.98. The monoisotopic (exact) mass is 384 g/mol. The summed E-state index contributed by atoms with van der Waals surface area (Å²) in [6.45, 7) is 5.60. The molecule has 1 atom stereocenters. The Labute approximate surface area is 165 Å². The van der Waals surface area contributed by atoms with Gasteiger partial charge in [-0.05, 0) is 51.7 Å². The fourth-order valence-electron chi connectivity index (χ4n) is 3.64. The summed E-state index contributed by atoms with van der Waals surface area (Å²) in [5, 5.41) is 12.7. The average molecular weight is 384 g/mol. The molecule has 0 saturated heterocycles. The van der Waals surface area contributed by atoms with Gasteiger partial charge in [-0.3, -0.25) is 14.6 Å². The number of carbonyl (C=O) groups is 2. The maximum absolute atomic E-state index is 13.0. The molecule has 28 heavy (non-hydrogen) atoms. The molecule has 6 heteroatoms. The highest BCUT2D eigenvalue weighted by Crippen LogP contribution is 2.30. The third-order valence-corrected chi connectivity index (χ3v) is 5.38. The van der Waals surface area contributed by atoms with Gasteiger partial charge < -0.3 is 14.8 Å². The average Bonchev–Trinajstić information content (AvgIpc) is 3.14. The fraction of sp³-hybridized carbons (Fsp3) is 0.500. The summed E-state index contributed by atoms with van der Waals surface area (Å²) >= 11 is 0. The van der Waals surface area contributed by atoms with Crippen LogP contribution in [0.15, 0.2) is 28.7 Å². The summed E-state index contributed by atoms with van der Waals surface area (Å²) in [4.78, 5) is 29.7. The highest BCUT2D eigenvalue weighted by molar-refractivity contribution is 6.00. The summed E-state index contributed by atoms with van der Waals surface area (Å²) in [6.07, 6.45) is 2.90. The molecule has 1 fully saturated rings. The molecule has 0 radical (unpaired) electrons. The number of aromatic nitrogens is 1. The van der Waals surface area contributed by atoms with Crippen LogP contribution in [0.25, 0.3) is 0 Å². The van der Waals surface area contributed by atoms with Crippen molar-refractivity contribution in [1.29, 1.82) is 0 Å². The predicted octanol–water partition coefficient (Wildman–Crippen LogP) is 3.76. The van der Waals surface area contributed by atoms with Crippen LogP contribution in [-0.2, 0) is 0 Å². The maximum Gasteiger partial charge on any atom is 0.255 e. The summed E-state index contributed by atoms with van der Waals surface area (Å²) in [5.41, 5.74) is 2.06. The van der Waals surface area contributed by atoms with E-state index in [9.17, 15) is 14.7 Å². The Balaban J connectivity index is 1.89. The first kappa shape index (κ1) is 20.3. The molecule has 1 aliphatic carbocycles. The predicted molar refractivity (Wildman–Crippen MR) is 106 cm³/mol. The molecule has 3 rings (SSSR count). The Morgan fingerprint density at radius 2 is 2.00 bits per heavy atom. The fourth-order valence-corrected chi connectivity index (χ4v) is 3.64. The van der Waals surface area contributed by atoms with Crippen LogP contribution in [0, 0.1) is 6.92 Å². The number of aryl methyl sites for hydroxylation is 1. The number of hydrogen-bond acceptors (Lipinski definition) is 5. The van der Waals surface area contributed by atoms with Crippen LogP contribution in [0.2, 0.25) is 0 Å². The van der Waals surface area contributed by atoms with Crippen LogP contribution in [0.4, 0.5) is 0 Å². The number of nitrogens with zero attached hydrogens (tertiary/aromatic N) is 1. The zero-order valence-electron chi connectivity index (χ0n) is 16.7. The van der Waals surface area contributed by atoms with Gasteiger partial charge in [0.2, 0.25) is 0 Å². The SMILES string of the molecule is CCC(=O)c1cc(C(=O)NC2CCC(O)CC2)c([C@@H](C)c2cccc(C)n2)o1. The van der Waals surface area contributed by atoms with Crippen LogP contribution in [0.3, 0.4) is 0 Å². The molecule has 1 aliphatic rings. The third kappa shape index (κ3) is 4.50. The van der Waals surface area contributed by atoms with Crippen LogP contribution < -0.4 is 5.32 Å². The third-order valence-electron chi connectivity index (χ3n) is 5.38. The van der Waals surface area contributed by atoms with Crippen LogP contribution in [-0.4, -0.2) is 33.9 Å². The number of furan rings is 1. The van der Waals surface area contributed by atoms with E-state index in [1.165, 1.54) is 0 Å². The molecule has 2 heterocycles. The minimum absolute atomic E-state index is 0.0244. The minimum Gasteiger partial charge on any atom is -0.456 e. The van der Waals surface area contributed by atoms with Crippen molar-refractivity contribution in [2.45, 2.75) is 70.9 Å². The Hall–Kier alpha value is -2.47. The van der Waals surface area contributed by atoms with E-state index in [1.54, 1.807) is 13.0 Å². The van der Waals surface area contributed by atoms with E-state index in [1.807, 2.05) is 32.0 Å². The van der Waals surface area contributed by atoms with Gasteiger partial charge in [0, 0.05) is 24.2 Å². The van der Waals surface area contributed by atoms with Gasteiger partial charge in [-0.15, -0.1) is 0 Å². The number of ketones is 1. The van der Waals surface area contributed by atoms with Crippen molar-refractivity contribution in [2.24, 2.45) is 0 Å². The molecule has 6 nitrogen and oxygen atoms in total. The van der Waals surface area contributed by atoms with Gasteiger partial charge >= 0.3 is 0 Å². The van der Waals surface area contributed by atoms with Gasteiger partial charge in [0.15, 0.2) is 11.5 Å². The van der Waals surface area contributed by atoms with E-state index < -0.39 is 0 Å². The zero-order valence-corrected chi connectivity index (χ0v) is 16.7. The molecule has 1 saturated carbocycles. The number of amides is 1. The van der Waals surface area contributed by atoms with Crippen molar-refractivity contribution >= 4 is 11.7 Å². The molecule has 2 aromatic heterocycles. The molecule has 150 valence electrons. The van der Waals surface area contributed by atoms with Gasteiger partial charge in [0.25, 0.3) is 5.91 Å². The molecule has 0 bridgehead atoms. The van der Waals surface area contributed by atoms with Gasteiger partial charge in [0.05, 0.1) is 23.3 Å². The summed E-state index contributed by atoms with van der Waals surface area (Å²) < 4.78 is 5.86. The quantitative estimate of drug-likeness (QED) is 0.740. The number of carbonyl (C=O) groups excluding carboxylic acids is 2. The van der Waals surface area contributed by atoms with Gasteiger partial charge in [-0.1, -0.05) is 13.0 Å². The second-order valence-corrected chi connectivity index (χ2v) is 7.57. The molecule has 0 unspecified atom stereocenters. The lowest BCUT2D eigenvalue weighted by molar-refractivity contribution is 0.0865. The zero-order chi connectivity index (χ0) is 20.3. The van der Waals surface area contributed by atoms with E-state index in [4.69, 9.17) is 4.42 Å². The first-order chi connectivity index (χ1) is 13.4. The van der Waals surface area contributed by atoms with Crippen molar-refractivity contribution in [2.75, 3.05) is 0 Å². The number of pyridine rings is 1. The Kier molecular flexibility index (Phi) is 6.29. The smallest absolute Gasteiger partial charge is 0.255 e. The molecule has 0 spiro atoms. The van der Waals surface area contributed by atoms with Crippen molar-refractivity contribution < 1.29 is 19.1 Å². The lowest BCUT2D eigenvalue weighted by Crippen LogP contribution is -2.38. The van der Waals surface area contributed by atoms with Crippen molar-refractivity contribution in [3.8, 4) is 0 Å². The summed E-state index contributed by atoms with van der Waals surface area (Å²) in [6, 6.07) is 7.31. The van der Waals surface area contributed by atoms with Crippen molar-refractivity contribution in [3.63, 3.8) is 0 Å². The molecule has 2 N–H and O–H groups in total. The van der Waals surface area contributed by atoms with Gasteiger partial charge in [0.1, 0.15) is 5.76 Å². The largest absolute Gasteiger partial charge is 0.456 e. The van der Waals surface area contributed by atoms with E-state index in [0.717, 1.165) is 24.2 Å². The molecule has 0 aromatic carbocycles. The minimum atomic E-state index is -0.279. The van der Waals surface area contributed by atoms with E-state index >= 15 is 0 Å². The van der Waals surface area contributed by atoms with Crippen LogP contribution in [0.5, 0.6) is 0 Å². The number of nitrogens with one attached hydrogen (secondary N) is 1. The lowest BCUT2D eigenvalue weighted by Gasteiger charge is -2.26. The van der Waals surface area contributed by atoms with Crippen molar-refractivity contribution in [3.05, 3.63) is 52.7 Å². The van der Waals surface area contributed by atoms with Crippen LogP contribution in [0.1, 0.15) is 89.9 Å². The summed E-state index contributed by atoms with van der Waals surface area (Å²) in [5.74, 6) is 0.0389. The Morgan fingerprint density at radius 3 is 2.64 bits per heavy atom. The Morgan fingerprint density at radius 1 is 1.29 bits per heavy atom. The topological polar surface area (TPSA) is 92.4 Å². The number of aliphatic hydroxyl groups is 1. The van der Waals surface area contributed by atoms with Gasteiger partial charge in [-0.2, -0.15) is 0 Å². The van der Waals surface area contributed by atoms with E-state index in [0.29, 0.717) is 30.6 Å². The molecule has 2 aromatic rings. The standard InChI is InChI=1S/C22H28N2O4/c1-4-19(26)20-12-17(22(27)24-15-8-10-16(25)11-9-15)21(28-20)14(3)18-7-5-6-13(2)23-18/h5-7,12,14-16,25H,4,8-11H2,1-3H3,(H,24,27)/t14-,15?,16?/m0/s1. The highest BCUT2D eigenvalue weighted by atomic mass is 16.4. The summed E-state index contributed by atoms with van der Waals surface area (Å²) in [7, 11) is 0. The lowest BCUT2D eigenvalue weighted by atomic mass is 9.92. The molecular formula is C22H28N2O4. The van der Waals surface area contributed by atoms with E-state index in [-0.39, 0.29) is 35.5 Å². The normalized spacial score (nSPS) is 20.6. The number of aliphatic hydroxyl groups excluding tert-OH is 1. The number of rotatable bonds is 6.